The van der Waals surface area contributed by atoms with Gasteiger partial charge in [-0.2, -0.15) is 0 Å². The molecule has 10 rings (SSSR count). The van der Waals surface area contributed by atoms with Crippen molar-refractivity contribution in [1.29, 1.82) is 0 Å². The summed E-state index contributed by atoms with van der Waals surface area (Å²) < 4.78 is 83.9. The number of rotatable bonds is 21. The number of carbonyl (C=O) groups excluding carboxylic acids is 5. The van der Waals surface area contributed by atoms with Crippen molar-refractivity contribution in [2.45, 2.75) is 81.1 Å². The fourth-order valence-electron chi connectivity index (χ4n) is 9.40. The SMILES string of the molecule is O=C(OC[C@@H]1OC(OC(=O)c2ccccc2OP(=O)(OC[C@@H]2CC[C@H](n3ccc(=O)[nH]c3=O)O2)OC[C@@H]2CC[C@H](n3ccc(=O)[nH]c3=O)O2)[C@@H](OC(=O)c2ccccc2)[C@H](OC(=O)c2ccccc2)[C@H]1OC(=O)c1ccccc1)c1ccccc1. The molecule has 1 unspecified atom stereocenters. The van der Waals surface area contributed by atoms with Gasteiger partial charge in [0.1, 0.15) is 36.5 Å². The van der Waals surface area contributed by atoms with Crippen molar-refractivity contribution in [2.75, 3.05) is 19.8 Å². The maximum absolute atomic E-state index is 15.1. The quantitative estimate of drug-likeness (QED) is 0.0468. The van der Waals surface area contributed by atoms with Gasteiger partial charge in [0.15, 0.2) is 12.2 Å². The minimum absolute atomic E-state index is 0.00271. The van der Waals surface area contributed by atoms with Crippen LogP contribution in [0.25, 0.3) is 0 Å². The molecule has 85 heavy (non-hydrogen) atoms. The normalized spacial score (nSPS) is 21.9. The van der Waals surface area contributed by atoms with E-state index in [-0.39, 0.29) is 47.9 Å². The average Bonchev–Trinajstić information content (AvgIpc) is 2.47. The van der Waals surface area contributed by atoms with Crippen LogP contribution < -0.4 is 27.0 Å². The third-order valence-corrected chi connectivity index (χ3v) is 15.0. The predicted molar refractivity (Wildman–Crippen MR) is 293 cm³/mol. The van der Waals surface area contributed by atoms with Crippen LogP contribution in [0.5, 0.6) is 5.75 Å². The summed E-state index contributed by atoms with van der Waals surface area (Å²) in [6, 6.07) is 38.3. The fourth-order valence-corrected chi connectivity index (χ4v) is 10.7. The Morgan fingerprint density at radius 2 is 0.882 bits per heavy atom. The summed E-state index contributed by atoms with van der Waals surface area (Å²) in [5.74, 6) is -5.64. The molecular weight excluding hydrogens is 1130 g/mol. The third kappa shape index (κ3) is 14.7. The molecule has 9 atom stereocenters. The zero-order valence-corrected chi connectivity index (χ0v) is 45.6. The molecule has 0 amide bonds. The molecule has 3 saturated heterocycles. The van der Waals surface area contributed by atoms with E-state index in [1.54, 1.807) is 72.8 Å². The molecule has 0 bridgehead atoms. The van der Waals surface area contributed by atoms with Gasteiger partial charge in [0.2, 0.25) is 12.4 Å². The van der Waals surface area contributed by atoms with Gasteiger partial charge in [0.05, 0.1) is 47.7 Å². The number of nitrogens with one attached hydrogen (secondary N) is 2. The Balaban J connectivity index is 0.969. The first-order valence-corrected chi connectivity index (χ1v) is 28.1. The molecule has 3 aliphatic rings. The highest BCUT2D eigenvalue weighted by atomic mass is 31.2. The van der Waals surface area contributed by atoms with Gasteiger partial charge in [-0.3, -0.25) is 37.7 Å². The molecular formula is C59H53N4O21P. The number of benzene rings is 5. The van der Waals surface area contributed by atoms with Gasteiger partial charge in [-0.05, 0) is 86.3 Å². The van der Waals surface area contributed by atoms with Crippen molar-refractivity contribution in [3.63, 3.8) is 0 Å². The van der Waals surface area contributed by atoms with Gasteiger partial charge < -0.3 is 42.4 Å². The molecule has 5 aromatic carbocycles. The van der Waals surface area contributed by atoms with Crippen molar-refractivity contribution < 1.29 is 80.0 Å². The highest BCUT2D eigenvalue weighted by Gasteiger charge is 2.55. The monoisotopic (exact) mass is 1180 g/mol. The first-order valence-electron chi connectivity index (χ1n) is 26.7. The number of esters is 5. The molecule has 440 valence electrons. The molecule has 3 fully saturated rings. The summed E-state index contributed by atoms with van der Waals surface area (Å²) in [5.41, 5.74) is -3.00. The molecule has 2 aromatic heterocycles. The predicted octanol–water partition coefficient (Wildman–Crippen LogP) is 6.08. The number of aromatic nitrogens is 4. The van der Waals surface area contributed by atoms with Crippen molar-refractivity contribution in [1.82, 2.24) is 19.1 Å². The lowest BCUT2D eigenvalue weighted by atomic mass is 9.97. The highest BCUT2D eigenvalue weighted by Crippen LogP contribution is 2.52. The van der Waals surface area contributed by atoms with Gasteiger partial charge in [0, 0.05) is 24.5 Å². The summed E-state index contributed by atoms with van der Waals surface area (Å²) in [6.07, 6.45) is -9.22. The van der Waals surface area contributed by atoms with Crippen molar-refractivity contribution in [3.05, 3.63) is 240 Å². The maximum Gasteiger partial charge on any atom is 0.530 e. The van der Waals surface area contributed by atoms with Crippen LogP contribution in [0.15, 0.2) is 189 Å². The Morgan fingerprint density at radius 3 is 1.35 bits per heavy atom. The lowest BCUT2D eigenvalue weighted by molar-refractivity contribution is -0.282. The number of phosphoric acid groups is 1. The van der Waals surface area contributed by atoms with E-state index in [2.05, 4.69) is 9.97 Å². The van der Waals surface area contributed by atoms with E-state index in [0.29, 0.717) is 0 Å². The van der Waals surface area contributed by atoms with Crippen LogP contribution in [0.4, 0.5) is 0 Å². The van der Waals surface area contributed by atoms with Gasteiger partial charge >= 0.3 is 49.0 Å². The molecule has 26 heteroatoms. The van der Waals surface area contributed by atoms with E-state index in [9.17, 15) is 43.2 Å². The highest BCUT2D eigenvalue weighted by molar-refractivity contribution is 7.48. The Morgan fingerprint density at radius 1 is 0.459 bits per heavy atom. The molecule has 25 nitrogen and oxygen atoms in total. The second-order valence-corrected chi connectivity index (χ2v) is 21.0. The minimum atomic E-state index is -4.95. The fraction of sp³-hybridized carbons (Fsp3) is 0.271. The van der Waals surface area contributed by atoms with E-state index in [0.717, 1.165) is 12.1 Å². The number of H-pyrrole nitrogens is 2. The van der Waals surface area contributed by atoms with Gasteiger partial charge in [-0.1, -0.05) is 84.9 Å². The van der Waals surface area contributed by atoms with Crippen LogP contribution in [0.1, 0.15) is 89.9 Å². The van der Waals surface area contributed by atoms with E-state index in [1.165, 1.54) is 94.3 Å². The Bertz CT molecular complexity index is 3710. The molecule has 3 aliphatic heterocycles. The standard InChI is InChI=1S/C59H53N4O21P/c64-45-29-31-62(58(71)60-45)47-27-25-40(77-47)33-75-85(73,76-34-41-26-28-48(78-41)63-32-30-46(65)61-59(63)72)84-43-24-14-13-23-42(43)56(70)83-57-51(82-55(69)39-21-11-4-12-22-39)50(81-54(68)38-19-9-3-10-20-38)49(80-53(67)37-17-7-2-8-18-37)44(79-57)35-74-52(66)36-15-5-1-6-16-36/h1-24,29-32,40-41,44,47-51,57H,25-28,33-35H2,(H,60,64,71)(H,61,65,72)/t40-,41-,44-,47+,48+,49-,50+,51-,57?/m0/s1. The van der Waals surface area contributed by atoms with Gasteiger partial charge in [0.25, 0.3) is 11.1 Å². The molecule has 0 spiro atoms. The zero-order chi connectivity index (χ0) is 59.5. The zero-order valence-electron chi connectivity index (χ0n) is 44.7. The van der Waals surface area contributed by atoms with E-state index >= 15 is 4.57 Å². The van der Waals surface area contributed by atoms with E-state index < -0.39 is 147 Å². The summed E-state index contributed by atoms with van der Waals surface area (Å²) >= 11 is 0. The van der Waals surface area contributed by atoms with E-state index in [1.807, 2.05) is 0 Å². The van der Waals surface area contributed by atoms with Gasteiger partial charge in [-0.25, -0.2) is 38.1 Å². The van der Waals surface area contributed by atoms with Crippen molar-refractivity contribution in [2.24, 2.45) is 0 Å². The van der Waals surface area contributed by atoms with Crippen molar-refractivity contribution in [3.8, 4) is 5.75 Å². The number of hydrogen-bond donors (Lipinski definition) is 2. The van der Waals surface area contributed by atoms with Crippen LogP contribution in [0, 0.1) is 0 Å². The van der Waals surface area contributed by atoms with Crippen LogP contribution in [0.3, 0.4) is 0 Å². The lowest BCUT2D eigenvalue weighted by Gasteiger charge is -2.43. The molecule has 5 heterocycles. The summed E-state index contributed by atoms with van der Waals surface area (Å²) in [5, 5.41) is 0. The number of phosphoric ester groups is 1. The summed E-state index contributed by atoms with van der Waals surface area (Å²) in [4.78, 5) is 124. The average molecular weight is 1190 g/mol. The van der Waals surface area contributed by atoms with Crippen LogP contribution in [-0.2, 0) is 51.5 Å². The number of carbonyl (C=O) groups is 5. The van der Waals surface area contributed by atoms with Crippen LogP contribution in [0.2, 0.25) is 0 Å². The second-order valence-electron chi connectivity index (χ2n) is 19.4. The molecule has 0 radical (unpaired) electrons. The summed E-state index contributed by atoms with van der Waals surface area (Å²) in [6.45, 7) is -1.69. The number of ether oxygens (including phenoxy) is 8. The molecule has 7 aromatic rings. The molecule has 0 aliphatic carbocycles. The number of nitrogens with zero attached hydrogens (tertiary/aromatic N) is 2. The lowest BCUT2D eigenvalue weighted by Crippen LogP contribution is -2.63. The molecule has 2 N–H and O–H groups in total. The molecule has 0 saturated carbocycles. The smallest absolute Gasteiger partial charge is 0.459 e. The topological polar surface area (TPSA) is 314 Å². The van der Waals surface area contributed by atoms with E-state index in [4.69, 9.17) is 51.5 Å². The maximum atomic E-state index is 15.1. The van der Waals surface area contributed by atoms with Gasteiger partial charge in [-0.15, -0.1) is 0 Å². The summed E-state index contributed by atoms with van der Waals surface area (Å²) in [7, 11) is -4.95. The largest absolute Gasteiger partial charge is 0.530 e. The Labute approximate surface area is 481 Å². The number of hydrogen-bond acceptors (Lipinski definition) is 21. The van der Waals surface area contributed by atoms with Crippen LogP contribution >= 0.6 is 7.82 Å². The van der Waals surface area contributed by atoms with Crippen molar-refractivity contribution >= 4 is 37.7 Å². The first kappa shape index (κ1) is 58.8. The first-order chi connectivity index (χ1) is 41.2. The van der Waals surface area contributed by atoms with Crippen LogP contribution in [-0.4, -0.2) is 112 Å². The number of aromatic amines is 2. The third-order valence-electron chi connectivity index (χ3n) is 13.6. The Hall–Kier alpha value is -9.36. The minimum Gasteiger partial charge on any atom is -0.459 e. The number of para-hydroxylation sites is 1. The Kier molecular flexibility index (Phi) is 18.6. The second kappa shape index (κ2) is 26.9.